The largest absolute Gasteiger partial charge is 0.352 e. The number of rotatable bonds is 11. The van der Waals surface area contributed by atoms with Crippen LogP contribution in [-0.4, -0.2) is 50.0 Å². The van der Waals surface area contributed by atoms with E-state index in [2.05, 4.69) is 5.32 Å². The highest BCUT2D eigenvalue weighted by molar-refractivity contribution is 7.92. The van der Waals surface area contributed by atoms with E-state index in [4.69, 9.17) is 23.2 Å². The first-order chi connectivity index (χ1) is 18.4. The molecule has 1 unspecified atom stereocenters. The van der Waals surface area contributed by atoms with Gasteiger partial charge in [-0.3, -0.25) is 13.9 Å². The minimum absolute atomic E-state index is 0.0853. The van der Waals surface area contributed by atoms with Crippen LogP contribution in [0.2, 0.25) is 10.0 Å². The van der Waals surface area contributed by atoms with Gasteiger partial charge < -0.3 is 10.2 Å². The fourth-order valence-corrected chi connectivity index (χ4v) is 5.47. The quantitative estimate of drug-likeness (QED) is 0.331. The fraction of sp³-hybridized carbons (Fsp3) is 0.310. The SMILES string of the molecule is Cc1ccccc1CN(C(=O)CN(c1cc(Cl)ccc1Cl)S(C)(=O)=O)C(Cc1ccccc1)C(=O)NC(C)C. The van der Waals surface area contributed by atoms with Crippen LogP contribution >= 0.6 is 23.2 Å². The zero-order chi connectivity index (χ0) is 28.7. The highest BCUT2D eigenvalue weighted by Crippen LogP contribution is 2.31. The molecule has 3 aromatic carbocycles. The Hall–Kier alpha value is -3.07. The molecule has 0 saturated heterocycles. The van der Waals surface area contributed by atoms with Gasteiger partial charge in [0, 0.05) is 24.0 Å². The van der Waals surface area contributed by atoms with Crippen LogP contribution in [0.3, 0.4) is 0 Å². The summed E-state index contributed by atoms with van der Waals surface area (Å²) in [4.78, 5) is 29.1. The molecule has 3 aromatic rings. The van der Waals surface area contributed by atoms with E-state index in [1.165, 1.54) is 23.1 Å². The molecule has 0 aromatic heterocycles. The molecule has 208 valence electrons. The van der Waals surface area contributed by atoms with Crippen LogP contribution < -0.4 is 9.62 Å². The van der Waals surface area contributed by atoms with E-state index < -0.39 is 28.5 Å². The van der Waals surface area contributed by atoms with Crippen LogP contribution in [0.1, 0.15) is 30.5 Å². The predicted molar refractivity (Wildman–Crippen MR) is 158 cm³/mol. The van der Waals surface area contributed by atoms with E-state index in [1.807, 2.05) is 75.4 Å². The second-order valence-electron chi connectivity index (χ2n) is 9.68. The van der Waals surface area contributed by atoms with E-state index in [-0.39, 0.29) is 40.6 Å². The van der Waals surface area contributed by atoms with E-state index >= 15 is 0 Å². The van der Waals surface area contributed by atoms with Crippen LogP contribution in [0.4, 0.5) is 5.69 Å². The Morgan fingerprint density at radius 1 is 0.949 bits per heavy atom. The number of hydrogen-bond donors (Lipinski definition) is 1. The van der Waals surface area contributed by atoms with Crippen molar-refractivity contribution in [3.63, 3.8) is 0 Å². The molecule has 0 fully saturated rings. The van der Waals surface area contributed by atoms with Gasteiger partial charge in [-0.1, -0.05) is 77.8 Å². The second-order valence-corrected chi connectivity index (χ2v) is 12.4. The number of sulfonamides is 1. The molecule has 0 heterocycles. The molecule has 0 aliphatic rings. The van der Waals surface area contributed by atoms with Gasteiger partial charge in [0.25, 0.3) is 0 Å². The normalized spacial score (nSPS) is 12.2. The molecular weight excluding hydrogens is 557 g/mol. The Labute approximate surface area is 240 Å². The van der Waals surface area contributed by atoms with E-state index in [0.29, 0.717) is 0 Å². The number of aryl methyl sites for hydroxylation is 1. The monoisotopic (exact) mass is 589 g/mol. The zero-order valence-corrected chi connectivity index (χ0v) is 24.7. The summed E-state index contributed by atoms with van der Waals surface area (Å²) in [5.74, 6) is -0.887. The van der Waals surface area contributed by atoms with Gasteiger partial charge in [0.2, 0.25) is 21.8 Å². The summed E-state index contributed by atoms with van der Waals surface area (Å²) >= 11 is 12.5. The van der Waals surface area contributed by atoms with Crippen LogP contribution in [0.5, 0.6) is 0 Å². The van der Waals surface area contributed by atoms with Crippen LogP contribution in [-0.2, 0) is 32.6 Å². The molecule has 7 nitrogen and oxygen atoms in total. The van der Waals surface area contributed by atoms with Gasteiger partial charge in [-0.15, -0.1) is 0 Å². The average Bonchev–Trinajstić information content (AvgIpc) is 2.86. The minimum Gasteiger partial charge on any atom is -0.352 e. The van der Waals surface area contributed by atoms with E-state index in [1.54, 1.807) is 0 Å². The van der Waals surface area contributed by atoms with Crippen LogP contribution in [0.15, 0.2) is 72.8 Å². The van der Waals surface area contributed by atoms with Crippen molar-refractivity contribution in [1.82, 2.24) is 10.2 Å². The minimum atomic E-state index is -3.95. The van der Waals surface area contributed by atoms with Crippen molar-refractivity contribution in [3.05, 3.63) is 99.5 Å². The van der Waals surface area contributed by atoms with E-state index in [9.17, 15) is 18.0 Å². The first-order valence-electron chi connectivity index (χ1n) is 12.5. The van der Waals surface area contributed by atoms with Gasteiger partial charge in [-0.2, -0.15) is 0 Å². The number of nitrogens with zero attached hydrogens (tertiary/aromatic N) is 2. The van der Waals surface area contributed by atoms with Crippen LogP contribution in [0.25, 0.3) is 0 Å². The highest BCUT2D eigenvalue weighted by atomic mass is 35.5. The van der Waals surface area contributed by atoms with Crippen molar-refractivity contribution >= 4 is 50.7 Å². The molecule has 1 N–H and O–H groups in total. The summed E-state index contributed by atoms with van der Waals surface area (Å²) in [5, 5.41) is 3.32. The summed E-state index contributed by atoms with van der Waals surface area (Å²) in [5.41, 5.74) is 2.73. The highest BCUT2D eigenvalue weighted by Gasteiger charge is 2.34. The number of hydrogen-bond acceptors (Lipinski definition) is 4. The number of nitrogens with one attached hydrogen (secondary N) is 1. The Morgan fingerprint density at radius 3 is 2.21 bits per heavy atom. The average molecular weight is 591 g/mol. The molecule has 39 heavy (non-hydrogen) atoms. The van der Waals surface area contributed by atoms with Crippen molar-refractivity contribution < 1.29 is 18.0 Å². The van der Waals surface area contributed by atoms with Crippen molar-refractivity contribution in [3.8, 4) is 0 Å². The predicted octanol–water partition coefficient (Wildman–Crippen LogP) is 5.23. The molecule has 0 bridgehead atoms. The van der Waals surface area contributed by atoms with Crippen molar-refractivity contribution in [2.75, 3.05) is 17.1 Å². The number of carbonyl (C=O) groups excluding carboxylic acids is 2. The molecular formula is C29H33Cl2N3O4S. The zero-order valence-electron chi connectivity index (χ0n) is 22.4. The van der Waals surface area contributed by atoms with Gasteiger partial charge in [0.1, 0.15) is 12.6 Å². The maximum atomic E-state index is 14.1. The topological polar surface area (TPSA) is 86.8 Å². The molecule has 0 spiro atoms. The smallest absolute Gasteiger partial charge is 0.244 e. The first kappa shape index (κ1) is 30.5. The number of carbonyl (C=O) groups is 2. The molecule has 0 radical (unpaired) electrons. The molecule has 0 aliphatic carbocycles. The van der Waals surface area contributed by atoms with Crippen molar-refractivity contribution in [2.45, 2.75) is 45.8 Å². The summed E-state index contributed by atoms with van der Waals surface area (Å²) in [6.45, 7) is 5.16. The van der Waals surface area contributed by atoms with Crippen molar-refractivity contribution in [1.29, 1.82) is 0 Å². The standard InChI is InChI=1S/C29H33Cl2N3O4S/c1-20(2)32-29(36)27(16-22-11-6-5-7-12-22)33(18-23-13-9-8-10-21(23)3)28(35)19-34(39(4,37)38)26-17-24(30)14-15-25(26)31/h5-15,17,20,27H,16,18-19H2,1-4H3,(H,32,36). The van der Waals surface area contributed by atoms with E-state index in [0.717, 1.165) is 27.3 Å². The number of halogens is 2. The number of benzene rings is 3. The molecule has 0 aliphatic heterocycles. The Bertz CT molecular complexity index is 1420. The summed E-state index contributed by atoms with van der Waals surface area (Å²) in [6.07, 6.45) is 1.24. The summed E-state index contributed by atoms with van der Waals surface area (Å²) in [7, 11) is -3.95. The van der Waals surface area contributed by atoms with Crippen molar-refractivity contribution in [2.24, 2.45) is 0 Å². The van der Waals surface area contributed by atoms with Gasteiger partial charge in [0.15, 0.2) is 0 Å². The van der Waals surface area contributed by atoms with Gasteiger partial charge in [0.05, 0.1) is 17.0 Å². The van der Waals surface area contributed by atoms with Crippen LogP contribution in [0, 0.1) is 6.92 Å². The lowest BCUT2D eigenvalue weighted by atomic mass is 10.0. The third-order valence-electron chi connectivity index (χ3n) is 6.16. The van der Waals surface area contributed by atoms with Gasteiger partial charge in [-0.05, 0) is 55.7 Å². The lowest BCUT2D eigenvalue weighted by molar-refractivity contribution is -0.140. The Morgan fingerprint density at radius 2 is 1.59 bits per heavy atom. The van der Waals surface area contributed by atoms with Gasteiger partial charge in [-0.25, -0.2) is 8.42 Å². The Balaban J connectivity index is 2.09. The third kappa shape index (κ3) is 8.46. The number of amides is 2. The lowest BCUT2D eigenvalue weighted by Crippen LogP contribution is -2.54. The molecule has 2 amide bonds. The third-order valence-corrected chi connectivity index (χ3v) is 7.84. The maximum Gasteiger partial charge on any atom is 0.244 e. The molecule has 10 heteroatoms. The first-order valence-corrected chi connectivity index (χ1v) is 15.1. The second kappa shape index (κ2) is 13.3. The van der Waals surface area contributed by atoms with Gasteiger partial charge >= 0.3 is 0 Å². The molecule has 1 atom stereocenters. The lowest BCUT2D eigenvalue weighted by Gasteiger charge is -2.34. The fourth-order valence-electron chi connectivity index (χ4n) is 4.18. The summed E-state index contributed by atoms with van der Waals surface area (Å²) in [6, 6.07) is 20.3. The number of anilines is 1. The summed E-state index contributed by atoms with van der Waals surface area (Å²) < 4.78 is 26.7. The Kier molecular flexibility index (Phi) is 10.4. The molecule has 0 saturated carbocycles. The maximum absolute atomic E-state index is 14.1. The molecule has 3 rings (SSSR count).